The van der Waals surface area contributed by atoms with Crippen molar-refractivity contribution in [3.8, 4) is 0 Å². The molecule has 2 amide bonds. The van der Waals surface area contributed by atoms with Crippen molar-refractivity contribution < 1.29 is 23.9 Å². The summed E-state index contributed by atoms with van der Waals surface area (Å²) in [5.41, 5.74) is 13.6. The van der Waals surface area contributed by atoms with E-state index in [1.165, 1.54) is 24.2 Å². The van der Waals surface area contributed by atoms with E-state index in [1.807, 2.05) is 12.1 Å². The molecular formula is C24H32ClN5O5S. The van der Waals surface area contributed by atoms with Gasteiger partial charge in [0.2, 0.25) is 18.2 Å². The third-order valence-corrected chi connectivity index (χ3v) is 6.62. The number of nitrogens with one attached hydrogen (secondary N) is 3. The molecule has 1 fully saturated rings. The first-order valence-corrected chi connectivity index (χ1v) is 12.5. The largest absolute Gasteiger partial charge is 0.476 e. The highest BCUT2D eigenvalue weighted by Gasteiger charge is 2.45. The third kappa shape index (κ3) is 9.48. The number of rotatable bonds is 15. The molecule has 0 spiro atoms. The van der Waals surface area contributed by atoms with Gasteiger partial charge in [-0.3, -0.25) is 19.1 Å². The predicted molar refractivity (Wildman–Crippen MR) is 140 cm³/mol. The maximum Gasteiger partial charge on any atom is 0.320 e. The normalized spacial score (nSPS) is 15.4. The number of ether oxygens (including phenoxy) is 2. The van der Waals surface area contributed by atoms with Crippen LogP contribution in [0.25, 0.3) is 0 Å². The highest BCUT2D eigenvalue weighted by Crippen LogP contribution is 2.47. The molecule has 10 nitrogen and oxygen atoms in total. The number of benzene rings is 1. The van der Waals surface area contributed by atoms with Crippen LogP contribution < -0.4 is 26.8 Å². The van der Waals surface area contributed by atoms with E-state index in [4.69, 9.17) is 32.5 Å². The first-order valence-electron chi connectivity index (χ1n) is 11.3. The minimum atomic E-state index is -0.337. The fraction of sp³-hybridized carbons (Fsp3) is 0.375. The highest BCUT2D eigenvalue weighted by molar-refractivity contribution is 7.99. The Morgan fingerprint density at radius 3 is 2.50 bits per heavy atom. The van der Waals surface area contributed by atoms with Gasteiger partial charge in [-0.2, -0.15) is 0 Å². The maximum absolute atomic E-state index is 12.6. The van der Waals surface area contributed by atoms with E-state index in [2.05, 4.69) is 15.4 Å². The Morgan fingerprint density at radius 2 is 1.92 bits per heavy atom. The zero-order valence-electron chi connectivity index (χ0n) is 20.3. The molecule has 7 N–H and O–H groups in total. The Morgan fingerprint density at radius 1 is 1.22 bits per heavy atom. The van der Waals surface area contributed by atoms with Crippen LogP contribution in [0.1, 0.15) is 32.3 Å². The summed E-state index contributed by atoms with van der Waals surface area (Å²) in [4.78, 5) is 35.3. The van der Waals surface area contributed by atoms with Crippen molar-refractivity contribution in [3.05, 3.63) is 69.9 Å². The van der Waals surface area contributed by atoms with Crippen LogP contribution >= 0.6 is 23.5 Å². The van der Waals surface area contributed by atoms with Crippen LogP contribution in [0, 0.1) is 0 Å². The number of carbonyl (C=O) groups is 3. The zero-order valence-corrected chi connectivity index (χ0v) is 21.8. The average Bonchev–Trinajstić information content (AvgIpc) is 3.64. The second kappa shape index (κ2) is 14.4. The monoisotopic (exact) mass is 537 g/mol. The lowest BCUT2D eigenvalue weighted by molar-refractivity contribution is -0.141. The summed E-state index contributed by atoms with van der Waals surface area (Å²) in [6.45, 7) is 4.31. The van der Waals surface area contributed by atoms with Gasteiger partial charge in [0, 0.05) is 28.9 Å². The first-order chi connectivity index (χ1) is 17.2. The Balaban J connectivity index is 2.00. The molecular weight excluding hydrogens is 506 g/mol. The maximum atomic E-state index is 12.6. The molecule has 0 aromatic heterocycles. The topological polar surface area (TPSA) is 158 Å². The van der Waals surface area contributed by atoms with Crippen LogP contribution in [0.5, 0.6) is 0 Å². The van der Waals surface area contributed by atoms with Crippen molar-refractivity contribution in [1.29, 1.82) is 0 Å². The fourth-order valence-corrected chi connectivity index (χ4v) is 3.99. The summed E-state index contributed by atoms with van der Waals surface area (Å²) in [5, 5.41) is 5.92. The number of hydrogen-bond acceptors (Lipinski definition) is 9. The molecule has 0 atom stereocenters. The van der Waals surface area contributed by atoms with Crippen LogP contribution in [0.3, 0.4) is 0 Å². The van der Waals surface area contributed by atoms with E-state index in [9.17, 15) is 14.4 Å². The van der Waals surface area contributed by atoms with Gasteiger partial charge in [-0.05, 0) is 50.5 Å². The van der Waals surface area contributed by atoms with Crippen LogP contribution in [-0.2, 0) is 30.4 Å². The van der Waals surface area contributed by atoms with E-state index in [1.54, 1.807) is 26.0 Å². The lowest BCUT2D eigenvalue weighted by Gasteiger charge is -2.18. The van der Waals surface area contributed by atoms with Crippen LogP contribution in [-0.4, -0.2) is 42.8 Å². The molecule has 0 saturated heterocycles. The third-order valence-electron chi connectivity index (χ3n) is 5.12. The summed E-state index contributed by atoms with van der Waals surface area (Å²) >= 11 is 7.27. The van der Waals surface area contributed by atoms with E-state index >= 15 is 0 Å². The number of halogens is 1. The van der Waals surface area contributed by atoms with E-state index in [0.717, 1.165) is 18.4 Å². The molecule has 1 aromatic carbocycles. The molecule has 0 radical (unpaired) electrons. The predicted octanol–water partition coefficient (Wildman–Crippen LogP) is 1.97. The number of carbonyl (C=O) groups excluding carboxylic acids is 3. The quantitative estimate of drug-likeness (QED) is 0.0563. The Bertz CT molecular complexity index is 1020. The van der Waals surface area contributed by atoms with E-state index in [-0.39, 0.29) is 41.4 Å². The number of nitrogens with two attached hydrogens (primary N) is 2. The standard InChI is InChI=1S/C24H32ClN5O5S/c1-3-34-20(32)13-30-36-24(8-9-24)14-35-22(27)21(29-15-31)18(11-26)10-16(2)23(33)28-12-17-4-6-19(25)7-5-17/h4-7,10-11,15,30H,3,8-9,12-14,26-27H2,1-2H3,(H,28,33)(H,29,31)/b16-10+,18-11-,22-21-. The van der Waals surface area contributed by atoms with Gasteiger partial charge in [0.25, 0.3) is 0 Å². The van der Waals surface area contributed by atoms with Gasteiger partial charge in [-0.25, -0.2) is 0 Å². The average molecular weight is 538 g/mol. The van der Waals surface area contributed by atoms with Gasteiger partial charge in [-0.1, -0.05) is 35.7 Å². The molecule has 12 heteroatoms. The van der Waals surface area contributed by atoms with Crippen LogP contribution in [0.4, 0.5) is 0 Å². The van der Waals surface area contributed by atoms with E-state index < -0.39 is 0 Å². The Labute approximate surface area is 220 Å². The van der Waals surface area contributed by atoms with Crippen molar-refractivity contribution in [2.24, 2.45) is 11.5 Å². The van der Waals surface area contributed by atoms with Gasteiger partial charge in [0.05, 0.1) is 11.4 Å². The van der Waals surface area contributed by atoms with Gasteiger partial charge in [0.15, 0.2) is 0 Å². The van der Waals surface area contributed by atoms with Gasteiger partial charge < -0.3 is 31.6 Å². The number of allylic oxidation sites excluding steroid dienone is 1. The lowest BCUT2D eigenvalue weighted by atomic mass is 10.1. The lowest BCUT2D eigenvalue weighted by Crippen LogP contribution is -2.27. The molecule has 0 bridgehead atoms. The summed E-state index contributed by atoms with van der Waals surface area (Å²) < 4.78 is 13.4. The van der Waals surface area contributed by atoms with Crippen molar-refractivity contribution in [2.45, 2.75) is 38.0 Å². The zero-order chi connectivity index (χ0) is 26.6. The van der Waals surface area contributed by atoms with Crippen molar-refractivity contribution >= 4 is 41.8 Å². The summed E-state index contributed by atoms with van der Waals surface area (Å²) in [5.74, 6) is -0.715. The second-order valence-electron chi connectivity index (χ2n) is 7.96. The molecule has 1 aliphatic rings. The Hall–Kier alpha value is -3.15. The molecule has 196 valence electrons. The van der Waals surface area contributed by atoms with Crippen LogP contribution in [0.2, 0.25) is 5.02 Å². The smallest absolute Gasteiger partial charge is 0.320 e. The molecule has 0 aliphatic heterocycles. The van der Waals surface area contributed by atoms with Gasteiger partial charge >= 0.3 is 5.97 Å². The molecule has 0 unspecified atom stereocenters. The van der Waals surface area contributed by atoms with Gasteiger partial charge in [0.1, 0.15) is 18.8 Å². The number of amides is 2. The fourth-order valence-electron chi connectivity index (χ4n) is 2.94. The van der Waals surface area contributed by atoms with Gasteiger partial charge in [-0.15, -0.1) is 0 Å². The summed E-state index contributed by atoms with van der Waals surface area (Å²) in [6, 6.07) is 7.12. The van der Waals surface area contributed by atoms with Crippen molar-refractivity contribution in [2.75, 3.05) is 19.8 Å². The summed E-state index contributed by atoms with van der Waals surface area (Å²) in [7, 11) is 0. The second-order valence-corrected chi connectivity index (χ2v) is 9.76. The van der Waals surface area contributed by atoms with Crippen LogP contribution in [0.15, 0.2) is 59.3 Å². The number of esters is 1. The molecule has 36 heavy (non-hydrogen) atoms. The molecule has 2 rings (SSSR count). The molecule has 1 aromatic rings. The minimum Gasteiger partial charge on any atom is -0.476 e. The molecule has 1 aliphatic carbocycles. The Kier molecular flexibility index (Phi) is 11.6. The SMILES string of the molecule is CCOC(=O)CNSC1(CO/C(N)=C(NC=O)/C(=C\N)/C=C(\C)C(=O)NCc2ccc(Cl)cc2)CC1. The van der Waals surface area contributed by atoms with E-state index in [0.29, 0.717) is 35.7 Å². The molecule has 0 heterocycles. The highest BCUT2D eigenvalue weighted by atomic mass is 35.5. The van der Waals surface area contributed by atoms with Crippen molar-refractivity contribution in [1.82, 2.24) is 15.4 Å². The molecule has 1 saturated carbocycles. The first kappa shape index (κ1) is 29.1. The van der Waals surface area contributed by atoms with Crippen molar-refractivity contribution in [3.63, 3.8) is 0 Å². The minimum absolute atomic E-state index is 0.0540. The summed E-state index contributed by atoms with van der Waals surface area (Å²) in [6.07, 6.45) is 4.90. The number of hydrogen-bond donors (Lipinski definition) is 5.